The first kappa shape index (κ1) is 17.6. The quantitative estimate of drug-likeness (QED) is 0.492. The highest BCUT2D eigenvalue weighted by atomic mass is 35.6. The van der Waals surface area contributed by atoms with Gasteiger partial charge in [-0.1, -0.05) is 34.8 Å². The van der Waals surface area contributed by atoms with Crippen LogP contribution in [0.4, 0.5) is 4.79 Å². The molecule has 0 spiro atoms. The van der Waals surface area contributed by atoms with Gasteiger partial charge in [-0.05, 0) is 12.8 Å². The number of alkyl halides is 3. The molecule has 0 aromatic carbocycles. The first-order chi connectivity index (χ1) is 8.22. The van der Waals surface area contributed by atoms with Crippen LogP contribution in [0.25, 0.3) is 0 Å². The maximum Gasteiger partial charge on any atom is 0.407 e. The Hall–Kier alpha value is -0.430. The van der Waals surface area contributed by atoms with Gasteiger partial charge in [0.05, 0.1) is 5.97 Å². The molecule has 0 aliphatic rings. The lowest BCUT2D eigenvalue weighted by atomic mass is 10.1. The fraction of sp³-hybridized carbons (Fsp3) is 0.778. The molecule has 0 aliphatic heterocycles. The molecule has 0 radical (unpaired) electrons. The topological polar surface area (TPSA) is 106 Å². The molecule has 0 bridgehead atoms. The summed E-state index contributed by atoms with van der Waals surface area (Å²) in [6.07, 6.45) is 0.912. The molecule has 0 saturated heterocycles. The zero-order valence-electron chi connectivity index (χ0n) is 9.59. The van der Waals surface area contributed by atoms with Gasteiger partial charge in [0.15, 0.2) is 0 Å². The summed E-state index contributed by atoms with van der Waals surface area (Å²) >= 11 is 16.1. The number of hydrogen-bond donors (Lipinski definition) is 2. The van der Waals surface area contributed by atoms with Crippen LogP contribution in [0.1, 0.15) is 19.3 Å². The second kappa shape index (κ2) is 8.63. The predicted octanol–water partition coefficient (Wildman–Crippen LogP) is -0.387. The summed E-state index contributed by atoms with van der Waals surface area (Å²) in [6, 6.07) is -0.735. The second-order valence-corrected chi connectivity index (χ2v) is 6.15. The summed E-state index contributed by atoms with van der Waals surface area (Å²) in [5, 5.41) is 12.8. The molecule has 0 unspecified atom stereocenters. The molecule has 6 nitrogen and oxygen atoms in total. The number of halogens is 3. The molecule has 0 aliphatic carbocycles. The number of carbonyl (C=O) groups excluding carboxylic acids is 2. The van der Waals surface area contributed by atoms with Crippen LogP contribution in [0.15, 0.2) is 0 Å². The fourth-order valence-corrected chi connectivity index (χ4v) is 1.19. The molecule has 0 aromatic rings. The lowest BCUT2D eigenvalue weighted by Gasteiger charge is -2.12. The summed E-state index contributed by atoms with van der Waals surface area (Å²) in [4.78, 5) is 21.4. The van der Waals surface area contributed by atoms with E-state index in [2.05, 4.69) is 15.8 Å². The number of carboxylic acids is 1. The van der Waals surface area contributed by atoms with Crippen molar-refractivity contribution in [2.24, 2.45) is 0 Å². The van der Waals surface area contributed by atoms with E-state index in [-0.39, 0.29) is 6.61 Å². The predicted molar refractivity (Wildman–Crippen MR) is 65.2 cm³/mol. The Labute approximate surface area is 120 Å². The lowest BCUT2D eigenvalue weighted by molar-refractivity contribution is -0.438. The van der Waals surface area contributed by atoms with Crippen LogP contribution >= 0.6 is 34.8 Å². The number of quaternary nitrogens is 1. The van der Waals surface area contributed by atoms with Gasteiger partial charge in [0.25, 0.3) is 0 Å². The average molecular weight is 322 g/mol. The van der Waals surface area contributed by atoms with Crippen molar-refractivity contribution < 1.29 is 25.2 Å². The summed E-state index contributed by atoms with van der Waals surface area (Å²) in [5.41, 5.74) is 3.41. The minimum absolute atomic E-state index is 0.338. The SMILES string of the molecule is [NH3+][C@@H](CCCCNC(=O)OCC(Cl)(Cl)Cl)C(=O)[O-]. The Balaban J connectivity index is 3.49. The van der Waals surface area contributed by atoms with Gasteiger partial charge in [0.1, 0.15) is 12.6 Å². The minimum atomic E-state index is -1.63. The molecule has 0 fully saturated rings. The number of alkyl carbamates (subject to hydrolysis) is 1. The molecule has 1 amide bonds. The molecule has 4 N–H and O–H groups in total. The molecule has 1 atom stereocenters. The van der Waals surface area contributed by atoms with Crippen LogP contribution in [-0.2, 0) is 9.53 Å². The van der Waals surface area contributed by atoms with Crippen molar-refractivity contribution in [3.8, 4) is 0 Å². The molecular formula is C9H15Cl3N2O4. The smallest absolute Gasteiger partial charge is 0.407 e. The number of aliphatic carboxylic acids is 1. The van der Waals surface area contributed by atoms with Crippen LogP contribution in [-0.4, -0.2) is 35.0 Å². The average Bonchev–Trinajstić information content (AvgIpc) is 2.24. The Bertz CT molecular complexity index is 283. The number of ether oxygens (including phenoxy) is 1. The van der Waals surface area contributed by atoms with Crippen molar-refractivity contribution in [2.75, 3.05) is 13.2 Å². The van der Waals surface area contributed by atoms with Gasteiger partial charge in [-0.25, -0.2) is 4.79 Å². The summed E-state index contributed by atoms with van der Waals surface area (Å²) in [7, 11) is 0. The van der Waals surface area contributed by atoms with E-state index in [1.807, 2.05) is 0 Å². The van der Waals surface area contributed by atoms with Crippen LogP contribution in [0.2, 0.25) is 0 Å². The molecule has 18 heavy (non-hydrogen) atoms. The van der Waals surface area contributed by atoms with Crippen LogP contribution in [0.3, 0.4) is 0 Å². The van der Waals surface area contributed by atoms with E-state index in [1.165, 1.54) is 0 Å². The van der Waals surface area contributed by atoms with E-state index in [1.54, 1.807) is 0 Å². The van der Waals surface area contributed by atoms with E-state index >= 15 is 0 Å². The number of amides is 1. The number of rotatable bonds is 7. The van der Waals surface area contributed by atoms with Crippen molar-refractivity contribution >= 4 is 46.9 Å². The third-order valence-electron chi connectivity index (χ3n) is 1.95. The van der Waals surface area contributed by atoms with E-state index in [4.69, 9.17) is 34.8 Å². The number of carbonyl (C=O) groups is 2. The maximum absolute atomic E-state index is 11.1. The largest absolute Gasteiger partial charge is 0.544 e. The van der Waals surface area contributed by atoms with Gasteiger partial charge in [-0.3, -0.25) is 0 Å². The van der Waals surface area contributed by atoms with Gasteiger partial charge in [-0.15, -0.1) is 0 Å². The molecule has 9 heteroatoms. The monoisotopic (exact) mass is 320 g/mol. The Morgan fingerprint density at radius 3 is 2.44 bits per heavy atom. The zero-order valence-corrected chi connectivity index (χ0v) is 11.9. The molecule has 106 valence electrons. The number of carboxylic acid groups (broad SMARTS) is 1. The molecule has 0 saturated carbocycles. The van der Waals surface area contributed by atoms with Gasteiger partial charge >= 0.3 is 6.09 Å². The number of nitrogens with one attached hydrogen (secondary N) is 1. The van der Waals surface area contributed by atoms with Crippen molar-refractivity contribution in [2.45, 2.75) is 29.1 Å². The zero-order chi connectivity index (χ0) is 14.2. The van der Waals surface area contributed by atoms with E-state index in [0.717, 1.165) is 0 Å². The summed E-state index contributed by atoms with van der Waals surface area (Å²) < 4.78 is 2.98. The van der Waals surface area contributed by atoms with Gasteiger partial charge < -0.3 is 25.7 Å². The normalized spacial score (nSPS) is 12.9. The summed E-state index contributed by atoms with van der Waals surface area (Å²) in [6.45, 7) is 0.00754. The molecule has 0 rings (SSSR count). The highest BCUT2D eigenvalue weighted by Gasteiger charge is 2.21. The third-order valence-corrected chi connectivity index (χ3v) is 2.28. The van der Waals surface area contributed by atoms with E-state index in [0.29, 0.717) is 25.8 Å². The second-order valence-electron chi connectivity index (χ2n) is 3.63. The third kappa shape index (κ3) is 10.7. The lowest BCUT2D eigenvalue weighted by Crippen LogP contribution is -2.68. The van der Waals surface area contributed by atoms with Crippen molar-refractivity contribution in [3.05, 3.63) is 0 Å². The number of hydrogen-bond acceptors (Lipinski definition) is 4. The first-order valence-electron chi connectivity index (χ1n) is 5.23. The van der Waals surface area contributed by atoms with Gasteiger partial charge in [0.2, 0.25) is 3.79 Å². The van der Waals surface area contributed by atoms with Crippen LogP contribution in [0.5, 0.6) is 0 Å². The summed E-state index contributed by atoms with van der Waals surface area (Å²) in [5.74, 6) is -1.18. The Kier molecular flexibility index (Phi) is 8.43. The molecular weight excluding hydrogens is 306 g/mol. The van der Waals surface area contributed by atoms with Crippen molar-refractivity contribution in [1.82, 2.24) is 5.32 Å². The first-order valence-corrected chi connectivity index (χ1v) is 6.37. The standard InChI is InChI=1S/C9H15Cl3N2O4/c10-9(11,12)5-18-8(17)14-4-2-1-3-6(13)7(15)16/h6H,1-5,13H2,(H,14,17)(H,15,16)/t6-/m0/s1. The minimum Gasteiger partial charge on any atom is -0.544 e. The number of unbranched alkanes of at least 4 members (excludes halogenated alkanes) is 1. The molecule has 0 heterocycles. The van der Waals surface area contributed by atoms with Crippen molar-refractivity contribution in [3.63, 3.8) is 0 Å². The molecule has 0 aromatic heterocycles. The highest BCUT2D eigenvalue weighted by molar-refractivity contribution is 6.67. The van der Waals surface area contributed by atoms with Gasteiger partial charge in [-0.2, -0.15) is 0 Å². The van der Waals surface area contributed by atoms with Crippen molar-refractivity contribution in [1.29, 1.82) is 0 Å². The van der Waals surface area contributed by atoms with Gasteiger partial charge in [0, 0.05) is 13.0 Å². The van der Waals surface area contributed by atoms with E-state index < -0.39 is 21.9 Å². The Morgan fingerprint density at radius 2 is 1.94 bits per heavy atom. The maximum atomic E-state index is 11.1. The fourth-order valence-electron chi connectivity index (χ4n) is 1.02. The van der Waals surface area contributed by atoms with E-state index in [9.17, 15) is 14.7 Å². The van der Waals surface area contributed by atoms with Crippen LogP contribution in [0, 0.1) is 0 Å². The van der Waals surface area contributed by atoms with Crippen LogP contribution < -0.4 is 16.2 Å². The highest BCUT2D eigenvalue weighted by Crippen LogP contribution is 2.25. The Morgan fingerprint density at radius 1 is 1.33 bits per heavy atom.